The van der Waals surface area contributed by atoms with Gasteiger partial charge >= 0.3 is 0 Å². The largest absolute Gasteiger partial charge is 0.540 e. The standard InChI is InChI=1S/2C25H21N2O2.2C24H18N3O2.4C5H8O2.4Pt/c1-28-22-13-14-23(25(18-22)29-2)24-17-21(15-16-26-24)27(19-9-5-3-6-10-19)20-11-7-4-8-12-20;1-28-21-13-14-23(24-17-22(29-2)15-16-26-24)25(18-21)27(19-9-5-3-6-10-19)20-11-7-4-8-12-20;1-28-17-9-10-18(23(15-17)29-2)20-14-16(11-13-25-20)27-21-7-4-3-6-19(21)24-22(27)8-5-12-26-24;1-28-17-11-13-25-20(15-17)18-10-9-16(14-23(18)29-2)27-21-7-4-3-6-19(21)24-22(27)8-5-12-26-24;4*1-4(6)3-5(2)7;;;;/h2*3-13,15-18H,1-2H3;2*3-9,11-15H,1-2H3;4*3,6H,1-2H3;;;;/q4*-1;;;;;;;;. The smallest absolute Gasteiger partial charge is 0.155 e. The van der Waals surface area contributed by atoms with E-state index in [1.807, 2.05) is 207 Å². The van der Waals surface area contributed by atoms with Crippen LogP contribution >= 0.6 is 0 Å². The number of fused-ring (bicyclic) bond motifs is 6. The van der Waals surface area contributed by atoms with Gasteiger partial charge in [-0.1, -0.05) is 162 Å². The molecule has 0 radical (unpaired) electrons. The zero-order valence-corrected chi connectivity index (χ0v) is 93.0. The molecule has 0 unspecified atom stereocenters. The number of anilines is 6. The molecule has 148 heavy (non-hydrogen) atoms. The number of ether oxygens (including phenoxy) is 8. The minimum atomic E-state index is -0.125. The van der Waals surface area contributed by atoms with E-state index in [0.717, 1.165) is 152 Å². The number of carbonyl (C=O) groups excluding carboxylic acids is 4. The average molecular weight is 2700 g/mol. The van der Waals surface area contributed by atoms with E-state index in [-0.39, 0.29) is 130 Å². The fourth-order valence-corrected chi connectivity index (χ4v) is 15.0. The Hall–Kier alpha value is -15.7. The number of carbonyl (C=O) groups is 4. The van der Waals surface area contributed by atoms with Gasteiger partial charge in [0.2, 0.25) is 0 Å². The van der Waals surface area contributed by atoms with Crippen molar-refractivity contribution in [1.82, 2.24) is 39.0 Å². The van der Waals surface area contributed by atoms with E-state index in [1.54, 1.807) is 93.8 Å². The van der Waals surface area contributed by atoms with Gasteiger partial charge in [0.1, 0.15) is 11.5 Å². The molecule has 0 fully saturated rings. The van der Waals surface area contributed by atoms with Crippen molar-refractivity contribution in [2.24, 2.45) is 0 Å². The third-order valence-electron chi connectivity index (χ3n) is 20.9. The Kier molecular flexibility index (Phi) is 48.6. The van der Waals surface area contributed by atoms with Crippen molar-refractivity contribution in [2.75, 3.05) is 66.7 Å². The van der Waals surface area contributed by atoms with Crippen LogP contribution < -0.4 is 47.7 Å². The first-order valence-electron chi connectivity index (χ1n) is 45.1. The Morgan fingerprint density at radius 3 is 0.939 bits per heavy atom. The maximum absolute atomic E-state index is 10.0. The van der Waals surface area contributed by atoms with Crippen LogP contribution in [0.3, 0.4) is 0 Å². The van der Waals surface area contributed by atoms with Crippen molar-refractivity contribution in [3.05, 3.63) is 400 Å². The Balaban J connectivity index is 0.000000243. The predicted molar refractivity (Wildman–Crippen MR) is 568 cm³/mol. The molecule has 30 heteroatoms. The van der Waals surface area contributed by atoms with E-state index < -0.39 is 0 Å². The molecule has 18 aromatic rings. The number of aliphatic hydroxyl groups excluding tert-OH is 4. The molecule has 0 saturated heterocycles. The topological polar surface area (TPSA) is 317 Å². The molecule has 8 aromatic heterocycles. The Bertz CT molecular complexity index is 7230. The Morgan fingerprint density at radius 2 is 0.574 bits per heavy atom. The summed E-state index contributed by atoms with van der Waals surface area (Å²) in [5, 5.41) is 35.7. The molecule has 0 spiro atoms. The predicted octanol–water partition coefficient (Wildman–Crippen LogP) is 26.3. The zero-order chi connectivity index (χ0) is 103. The molecule has 10 aromatic carbocycles. The second kappa shape index (κ2) is 60.3. The van der Waals surface area contributed by atoms with Gasteiger partial charge in [-0.05, 0) is 211 Å². The van der Waals surface area contributed by atoms with Crippen LogP contribution in [0.2, 0.25) is 0 Å². The van der Waals surface area contributed by atoms with Crippen LogP contribution in [0.15, 0.2) is 376 Å². The Morgan fingerprint density at radius 1 is 0.270 bits per heavy atom. The van der Waals surface area contributed by atoms with Gasteiger partial charge in [0.15, 0.2) is 23.1 Å². The van der Waals surface area contributed by atoms with Crippen molar-refractivity contribution in [1.29, 1.82) is 0 Å². The molecule has 0 saturated carbocycles. The van der Waals surface area contributed by atoms with Gasteiger partial charge in [-0.15, -0.1) is 54.1 Å². The van der Waals surface area contributed by atoms with Gasteiger partial charge in [-0.3, -0.25) is 29.1 Å². The summed E-state index contributed by atoms with van der Waals surface area (Å²) in [7, 11) is 13.1. The van der Waals surface area contributed by atoms with Crippen molar-refractivity contribution >= 4 is 101 Å². The molecular formula is C118H110N10O16Pt4-4. The van der Waals surface area contributed by atoms with Gasteiger partial charge in [0.05, 0.1) is 107 Å². The molecule has 0 aliphatic carbocycles. The minimum Gasteiger partial charge on any atom is -0.540 e. The summed E-state index contributed by atoms with van der Waals surface area (Å²) in [4.78, 5) is 71.8. The summed E-state index contributed by atoms with van der Waals surface area (Å²) >= 11 is 0. The molecule has 8 heterocycles. The zero-order valence-electron chi connectivity index (χ0n) is 83.9. The van der Waals surface area contributed by atoms with E-state index in [2.05, 4.69) is 158 Å². The second-order valence-electron chi connectivity index (χ2n) is 31.6. The molecule has 772 valence electrons. The van der Waals surface area contributed by atoms with E-state index in [9.17, 15) is 19.2 Å². The van der Waals surface area contributed by atoms with Crippen LogP contribution in [0, 0.1) is 24.3 Å². The van der Waals surface area contributed by atoms with Crippen molar-refractivity contribution < 1.29 is 162 Å². The third kappa shape index (κ3) is 33.2. The van der Waals surface area contributed by atoms with Crippen LogP contribution in [0.5, 0.6) is 46.0 Å². The maximum Gasteiger partial charge on any atom is 0.155 e. The SMILES string of the molecule is CC(=O)C=C(C)O.CC(=O)C=C(C)O.CC(=O)C=C(C)O.CC(=O)C=C(C)O.COc1c[c-]c(-c2cc(-n3c4ccccc4c4ncccc43)ccn2)c(OC)c1.COc1c[c-]c(-c2cc(N(c3ccccc3)c3ccccc3)ccn2)c(OC)c1.COc1ccnc(-c2[c-]cc(-n3c4ccccc4c4ncccc43)cc2OC)c1.COc1ccnc(-c2[c-]cc(OC)cc2N(c2ccccc2)c2ccccc2)c1.[Pt].[Pt].[Pt].[Pt]. The van der Waals surface area contributed by atoms with Crippen molar-refractivity contribution in [3.8, 4) is 102 Å². The van der Waals surface area contributed by atoms with E-state index in [4.69, 9.17) is 58.3 Å². The summed E-state index contributed by atoms with van der Waals surface area (Å²) in [6.07, 6.45) is 15.4. The molecule has 0 amide bonds. The van der Waals surface area contributed by atoms with Crippen molar-refractivity contribution in [3.63, 3.8) is 0 Å². The normalized spacial score (nSPS) is 10.6. The van der Waals surface area contributed by atoms with E-state index in [0.29, 0.717) is 28.7 Å². The van der Waals surface area contributed by atoms with Gasteiger partial charge in [-0.2, -0.15) is 0 Å². The third-order valence-corrected chi connectivity index (χ3v) is 20.9. The summed E-state index contributed by atoms with van der Waals surface area (Å²) in [5.41, 5.74) is 20.6. The molecule has 0 aliphatic rings. The second-order valence-corrected chi connectivity index (χ2v) is 31.6. The van der Waals surface area contributed by atoms with Gasteiger partial charge in [0.25, 0.3) is 0 Å². The Labute approximate surface area is 918 Å². The number of ketones is 4. The van der Waals surface area contributed by atoms with Gasteiger partial charge in [-0.25, -0.2) is 0 Å². The molecule has 18 rings (SSSR count). The number of hydrogen-bond donors (Lipinski definition) is 4. The first kappa shape index (κ1) is 119. The molecule has 0 aliphatic heterocycles. The van der Waals surface area contributed by atoms with Crippen LogP contribution in [0.25, 0.3) is 100 Å². The van der Waals surface area contributed by atoms with E-state index >= 15 is 0 Å². The van der Waals surface area contributed by atoms with E-state index in [1.165, 1.54) is 79.7 Å². The van der Waals surface area contributed by atoms with Gasteiger partial charge in [0, 0.05) is 231 Å². The number of para-hydroxylation sites is 6. The number of methoxy groups -OCH3 is 8. The van der Waals surface area contributed by atoms with Crippen molar-refractivity contribution in [2.45, 2.75) is 55.4 Å². The quantitative estimate of drug-likeness (QED) is 0.0248. The number of nitrogens with zero attached hydrogens (tertiary/aromatic N) is 10. The number of allylic oxidation sites excluding steroid dienone is 8. The molecule has 4 N–H and O–H groups in total. The fraction of sp³-hybridized carbons (Fsp3) is 0.136. The summed E-state index contributed by atoms with van der Waals surface area (Å²) in [6, 6.07) is 109. The number of rotatable bonds is 24. The number of aliphatic hydroxyl groups is 4. The maximum atomic E-state index is 10.0. The number of aromatic nitrogens is 8. The first-order valence-corrected chi connectivity index (χ1v) is 45.1. The fourth-order valence-electron chi connectivity index (χ4n) is 15.0. The molecule has 0 bridgehead atoms. The number of benzene rings is 10. The molecule has 26 nitrogen and oxygen atoms in total. The average Bonchev–Trinajstić information content (AvgIpc) is 1.63. The van der Waals surface area contributed by atoms with Crippen LogP contribution in [-0.2, 0) is 103 Å². The number of pyridine rings is 6. The van der Waals surface area contributed by atoms with Crippen LogP contribution in [0.1, 0.15) is 55.4 Å². The summed E-state index contributed by atoms with van der Waals surface area (Å²) in [6.45, 7) is 11.4. The molecular weight excluding hydrogens is 2590 g/mol. The summed E-state index contributed by atoms with van der Waals surface area (Å²) in [5.74, 6) is 5.37. The van der Waals surface area contributed by atoms with Gasteiger partial charge < -0.3 is 97.2 Å². The number of hydrogen-bond acceptors (Lipinski definition) is 24. The van der Waals surface area contributed by atoms with Crippen LogP contribution in [0.4, 0.5) is 34.1 Å². The minimum absolute atomic E-state index is 0. The molecule has 0 atom stereocenters. The van der Waals surface area contributed by atoms with Crippen LogP contribution in [-0.4, -0.2) is 139 Å². The monoisotopic (exact) mass is 2700 g/mol. The summed E-state index contributed by atoms with van der Waals surface area (Å²) < 4.78 is 48.0. The first-order chi connectivity index (χ1) is 69.7.